The average molecular weight is 480 g/mol. The van der Waals surface area contributed by atoms with Gasteiger partial charge in [0, 0.05) is 69.7 Å². The van der Waals surface area contributed by atoms with E-state index in [9.17, 15) is 4.79 Å². The highest BCUT2D eigenvalue weighted by Gasteiger charge is 2.33. The number of carbonyl (C=O) groups is 1. The molecule has 35 heavy (non-hydrogen) atoms. The molecule has 0 bridgehead atoms. The molecule has 5 heterocycles. The number of aromatic amines is 1. The molecule has 2 aliphatic heterocycles. The van der Waals surface area contributed by atoms with Crippen LogP contribution in [0.25, 0.3) is 22.3 Å². The van der Waals surface area contributed by atoms with Gasteiger partial charge < -0.3 is 24.8 Å². The van der Waals surface area contributed by atoms with Gasteiger partial charge in [0.1, 0.15) is 29.2 Å². The zero-order valence-corrected chi connectivity index (χ0v) is 20.7. The maximum atomic E-state index is 12.3. The lowest BCUT2D eigenvalue weighted by atomic mass is 10.1. The number of anilines is 2. The predicted molar refractivity (Wildman–Crippen MR) is 134 cm³/mol. The van der Waals surface area contributed by atoms with Crippen LogP contribution in [-0.4, -0.2) is 101 Å². The molecule has 2 aliphatic rings. The zero-order chi connectivity index (χ0) is 24.5. The third-order valence-electron chi connectivity index (χ3n) is 6.77. The Balaban J connectivity index is 1.39. The average Bonchev–Trinajstić information content (AvgIpc) is 3.27. The van der Waals surface area contributed by atoms with E-state index in [1.807, 2.05) is 11.1 Å². The van der Waals surface area contributed by atoms with Gasteiger partial charge in [0.2, 0.25) is 11.9 Å². The molecule has 2 N–H and O–H groups in total. The molecule has 3 aromatic heterocycles. The number of nitrogens with zero attached hydrogens (tertiary/aromatic N) is 7. The fourth-order valence-electron chi connectivity index (χ4n) is 5.12. The number of rotatable bonds is 5. The van der Waals surface area contributed by atoms with E-state index in [-0.39, 0.29) is 24.6 Å². The van der Waals surface area contributed by atoms with Gasteiger partial charge in [-0.2, -0.15) is 5.10 Å². The molecule has 3 aromatic rings. The highest BCUT2D eigenvalue weighted by atomic mass is 16.5. The molecular weight excluding hydrogens is 446 g/mol. The van der Waals surface area contributed by atoms with Crippen LogP contribution in [0.3, 0.4) is 0 Å². The first-order valence-electron chi connectivity index (χ1n) is 12.2. The van der Waals surface area contributed by atoms with Crippen LogP contribution < -0.4 is 15.1 Å². The largest absolute Gasteiger partial charge is 0.375 e. The fourth-order valence-corrected chi connectivity index (χ4v) is 5.12. The molecule has 186 valence electrons. The second-order valence-corrected chi connectivity index (χ2v) is 9.55. The zero-order valence-electron chi connectivity index (χ0n) is 20.7. The smallest absolute Gasteiger partial charge is 0.248 e. The molecule has 3 atom stereocenters. The summed E-state index contributed by atoms with van der Waals surface area (Å²) in [6.45, 7) is 10.5. The minimum absolute atomic E-state index is 0.00515. The maximum absolute atomic E-state index is 12.3. The number of nitrogens with one attached hydrogen (secondary N) is 2. The monoisotopic (exact) mass is 479 g/mol. The number of aromatic nitrogens is 5. The van der Waals surface area contributed by atoms with Gasteiger partial charge in [-0.3, -0.25) is 9.89 Å². The Morgan fingerprint density at radius 2 is 1.91 bits per heavy atom. The lowest BCUT2D eigenvalue weighted by Gasteiger charge is -2.44. The Bertz CT molecular complexity index is 1170. The summed E-state index contributed by atoms with van der Waals surface area (Å²) in [7, 11) is 1.54. The molecular formula is C24H33N9O2. The van der Waals surface area contributed by atoms with Crippen molar-refractivity contribution in [3.63, 3.8) is 0 Å². The van der Waals surface area contributed by atoms with Crippen LogP contribution >= 0.6 is 0 Å². The third kappa shape index (κ3) is 4.65. The molecule has 11 heteroatoms. The minimum Gasteiger partial charge on any atom is -0.375 e. The number of carbonyl (C=O) groups excluding carboxylic acids is 1. The van der Waals surface area contributed by atoms with Crippen molar-refractivity contribution in [1.29, 1.82) is 0 Å². The van der Waals surface area contributed by atoms with Gasteiger partial charge in [-0.25, -0.2) is 15.0 Å². The summed E-state index contributed by atoms with van der Waals surface area (Å²) < 4.78 is 5.03. The van der Waals surface area contributed by atoms with Crippen molar-refractivity contribution >= 4 is 28.7 Å². The number of amides is 1. The van der Waals surface area contributed by atoms with Gasteiger partial charge in [0.25, 0.3) is 0 Å². The van der Waals surface area contributed by atoms with Crippen molar-refractivity contribution in [2.24, 2.45) is 0 Å². The van der Waals surface area contributed by atoms with Crippen molar-refractivity contribution in [1.82, 2.24) is 35.4 Å². The molecule has 0 spiro atoms. The van der Waals surface area contributed by atoms with E-state index in [1.165, 1.54) is 0 Å². The molecule has 2 fully saturated rings. The van der Waals surface area contributed by atoms with E-state index >= 15 is 0 Å². The first-order valence-corrected chi connectivity index (χ1v) is 12.2. The van der Waals surface area contributed by atoms with Gasteiger partial charge in [0.15, 0.2) is 0 Å². The first-order chi connectivity index (χ1) is 16.9. The lowest BCUT2D eigenvalue weighted by molar-refractivity contribution is -0.136. The van der Waals surface area contributed by atoms with E-state index in [2.05, 4.69) is 63.2 Å². The summed E-state index contributed by atoms with van der Waals surface area (Å²) in [5.74, 6) is 1.62. The molecule has 5 rings (SSSR count). The first kappa shape index (κ1) is 23.4. The number of fused-ring (bicyclic) bond motifs is 1. The summed E-state index contributed by atoms with van der Waals surface area (Å²) >= 11 is 0. The van der Waals surface area contributed by atoms with Gasteiger partial charge in [0.05, 0.1) is 6.20 Å². The second-order valence-electron chi connectivity index (χ2n) is 9.55. The van der Waals surface area contributed by atoms with Crippen LogP contribution in [-0.2, 0) is 9.53 Å². The van der Waals surface area contributed by atoms with Crippen LogP contribution in [0.2, 0.25) is 0 Å². The molecule has 2 saturated heterocycles. The van der Waals surface area contributed by atoms with Crippen molar-refractivity contribution in [2.45, 2.75) is 38.9 Å². The van der Waals surface area contributed by atoms with E-state index in [0.717, 1.165) is 47.7 Å². The van der Waals surface area contributed by atoms with Gasteiger partial charge in [-0.15, -0.1) is 0 Å². The van der Waals surface area contributed by atoms with Crippen molar-refractivity contribution in [2.75, 3.05) is 56.2 Å². The Kier molecular flexibility index (Phi) is 6.52. The van der Waals surface area contributed by atoms with E-state index in [0.29, 0.717) is 25.1 Å². The standard InChI is InChI=1S/C24H33N9O2/c1-15-11-31(8-7-25-15)20-6-5-18(9-26-20)22-23-19(29-30-22)10-27-24(28-23)33-16(2)12-32(13-17(33)3)21(34)14-35-4/h5-6,9-10,15-17,25H,7-8,11-14H2,1-4H3,(H,29,30)/t15-,16-,17+/m1/s1. The molecule has 0 unspecified atom stereocenters. The molecule has 0 saturated carbocycles. The molecule has 0 radical (unpaired) electrons. The van der Waals surface area contributed by atoms with E-state index in [1.54, 1.807) is 13.3 Å². The minimum atomic E-state index is 0.00515. The molecule has 1 amide bonds. The molecule has 0 aromatic carbocycles. The highest BCUT2D eigenvalue weighted by molar-refractivity contribution is 5.89. The lowest BCUT2D eigenvalue weighted by Crippen LogP contribution is -2.59. The fraction of sp³-hybridized carbons (Fsp3) is 0.542. The SMILES string of the molecule is COCC(=O)N1C[C@@H](C)N(c2ncc3[nH]nc(-c4ccc(N5CCN[C@H](C)C5)nc4)c3n2)[C@@H](C)C1. The summed E-state index contributed by atoms with van der Waals surface area (Å²) in [6.07, 6.45) is 3.64. The van der Waals surface area contributed by atoms with Crippen molar-refractivity contribution in [3.05, 3.63) is 24.5 Å². The van der Waals surface area contributed by atoms with E-state index < -0.39 is 0 Å². The summed E-state index contributed by atoms with van der Waals surface area (Å²) in [4.78, 5) is 32.9. The van der Waals surface area contributed by atoms with Gasteiger partial charge in [-0.05, 0) is 32.9 Å². The summed E-state index contributed by atoms with van der Waals surface area (Å²) in [6, 6.07) is 4.68. The number of piperazine rings is 2. The number of pyridine rings is 1. The normalized spacial score (nSPS) is 23.2. The molecule has 0 aliphatic carbocycles. The molecule has 11 nitrogen and oxygen atoms in total. The third-order valence-corrected chi connectivity index (χ3v) is 6.77. The van der Waals surface area contributed by atoms with Gasteiger partial charge in [-0.1, -0.05) is 0 Å². The van der Waals surface area contributed by atoms with Crippen molar-refractivity contribution in [3.8, 4) is 11.3 Å². The van der Waals surface area contributed by atoms with E-state index in [4.69, 9.17) is 14.7 Å². The topological polar surface area (TPSA) is 115 Å². The van der Waals surface area contributed by atoms with Crippen LogP contribution in [0.4, 0.5) is 11.8 Å². The maximum Gasteiger partial charge on any atom is 0.248 e. The quantitative estimate of drug-likeness (QED) is 0.558. The Labute approximate surface area is 204 Å². The van der Waals surface area contributed by atoms with Crippen molar-refractivity contribution < 1.29 is 9.53 Å². The predicted octanol–water partition coefficient (Wildman–Crippen LogP) is 1.29. The van der Waals surface area contributed by atoms with Crippen LogP contribution in [0.5, 0.6) is 0 Å². The number of methoxy groups -OCH3 is 1. The number of hydrogen-bond acceptors (Lipinski definition) is 9. The number of hydrogen-bond donors (Lipinski definition) is 2. The second kappa shape index (κ2) is 9.74. The summed E-state index contributed by atoms with van der Waals surface area (Å²) in [5.41, 5.74) is 3.20. The van der Waals surface area contributed by atoms with Crippen LogP contribution in [0.15, 0.2) is 24.5 Å². The number of H-pyrrole nitrogens is 1. The Morgan fingerprint density at radius 3 is 2.60 bits per heavy atom. The van der Waals surface area contributed by atoms with Crippen LogP contribution in [0, 0.1) is 0 Å². The Hall–Kier alpha value is -3.31. The van der Waals surface area contributed by atoms with Gasteiger partial charge >= 0.3 is 0 Å². The number of ether oxygens (including phenoxy) is 1. The van der Waals surface area contributed by atoms with Crippen LogP contribution in [0.1, 0.15) is 20.8 Å². The highest BCUT2D eigenvalue weighted by Crippen LogP contribution is 2.29. The summed E-state index contributed by atoms with van der Waals surface area (Å²) in [5, 5.41) is 11.0. The Morgan fingerprint density at radius 1 is 1.11 bits per heavy atom.